The van der Waals surface area contributed by atoms with E-state index in [1.54, 1.807) is 22.3 Å². The van der Waals surface area contributed by atoms with E-state index < -0.39 is 0 Å². The number of rotatable bonds is 4. The third-order valence-corrected chi connectivity index (χ3v) is 4.18. The Kier molecular flexibility index (Phi) is 4.42. The van der Waals surface area contributed by atoms with Crippen molar-refractivity contribution in [2.75, 3.05) is 11.9 Å². The first kappa shape index (κ1) is 15.3. The Balaban J connectivity index is 1.63. The minimum absolute atomic E-state index is 0.119. The highest BCUT2D eigenvalue weighted by molar-refractivity contribution is 7.08. The number of carbonyl (C=O) groups excluding carboxylic acids is 2. The summed E-state index contributed by atoms with van der Waals surface area (Å²) in [5.74, 6) is 0.230. The van der Waals surface area contributed by atoms with Gasteiger partial charge in [0.15, 0.2) is 5.82 Å². The van der Waals surface area contributed by atoms with E-state index in [9.17, 15) is 9.59 Å². The van der Waals surface area contributed by atoms with Crippen LogP contribution in [0.2, 0.25) is 0 Å². The van der Waals surface area contributed by atoms with Crippen LogP contribution in [-0.2, 0) is 17.9 Å². The van der Waals surface area contributed by atoms with Crippen LogP contribution in [0.25, 0.3) is 6.08 Å². The van der Waals surface area contributed by atoms with Crippen molar-refractivity contribution in [1.82, 2.24) is 20.4 Å². The summed E-state index contributed by atoms with van der Waals surface area (Å²) < 4.78 is 0. The summed E-state index contributed by atoms with van der Waals surface area (Å²) in [7, 11) is 0. The predicted octanol–water partition coefficient (Wildman–Crippen LogP) is 2.17. The number of hydrogen-bond acceptors (Lipinski definition) is 4. The Morgan fingerprint density at radius 3 is 3.09 bits per heavy atom. The van der Waals surface area contributed by atoms with Gasteiger partial charge in [-0.25, -0.2) is 4.79 Å². The standard InChI is InChI=1S/C15H17N5O2S/c1-2-16-15(22)20-7-11-12(8-20)18-19-14(11)17-13(21)4-3-10-5-6-23-9-10/h3-6,9H,2,7-8H2,1H3,(H,16,22)(H2,17,18,19,21). The minimum atomic E-state index is -0.248. The maximum Gasteiger partial charge on any atom is 0.318 e. The highest BCUT2D eigenvalue weighted by Gasteiger charge is 2.28. The van der Waals surface area contributed by atoms with Gasteiger partial charge in [0.2, 0.25) is 5.91 Å². The normalized spacial score (nSPS) is 13.3. The van der Waals surface area contributed by atoms with Crippen molar-refractivity contribution in [3.63, 3.8) is 0 Å². The molecule has 3 rings (SSSR count). The van der Waals surface area contributed by atoms with Crippen LogP contribution >= 0.6 is 11.3 Å². The fourth-order valence-electron chi connectivity index (χ4n) is 2.35. The summed E-state index contributed by atoms with van der Waals surface area (Å²) in [4.78, 5) is 25.5. The third kappa shape index (κ3) is 3.42. The second-order valence-electron chi connectivity index (χ2n) is 5.10. The lowest BCUT2D eigenvalue weighted by Crippen LogP contribution is -2.36. The minimum Gasteiger partial charge on any atom is -0.338 e. The van der Waals surface area contributed by atoms with Gasteiger partial charge in [-0.3, -0.25) is 9.89 Å². The van der Waals surface area contributed by atoms with Crippen LogP contribution in [0.3, 0.4) is 0 Å². The Labute approximate surface area is 137 Å². The molecule has 0 saturated carbocycles. The molecule has 1 aliphatic heterocycles. The molecule has 0 fully saturated rings. The average Bonchev–Trinajstić information content (AvgIpc) is 3.23. The van der Waals surface area contributed by atoms with Crippen LogP contribution < -0.4 is 10.6 Å². The van der Waals surface area contributed by atoms with E-state index >= 15 is 0 Å². The molecular formula is C15H17N5O2S. The molecule has 3 N–H and O–H groups in total. The van der Waals surface area contributed by atoms with Crippen LogP contribution in [0, 0.1) is 0 Å². The zero-order valence-corrected chi connectivity index (χ0v) is 13.4. The molecular weight excluding hydrogens is 314 g/mol. The maximum absolute atomic E-state index is 12.0. The highest BCUT2D eigenvalue weighted by Crippen LogP contribution is 2.27. The fraction of sp³-hybridized carbons (Fsp3) is 0.267. The molecule has 8 heteroatoms. The number of carbonyl (C=O) groups is 2. The summed E-state index contributed by atoms with van der Waals surface area (Å²) >= 11 is 1.58. The molecule has 0 bridgehead atoms. The monoisotopic (exact) mass is 331 g/mol. The first-order chi connectivity index (χ1) is 11.2. The number of amides is 3. The van der Waals surface area contributed by atoms with Gasteiger partial charge in [-0.2, -0.15) is 16.4 Å². The largest absolute Gasteiger partial charge is 0.338 e. The van der Waals surface area contributed by atoms with Gasteiger partial charge in [0.1, 0.15) is 0 Å². The summed E-state index contributed by atoms with van der Waals surface area (Å²) in [6, 6.07) is 1.82. The highest BCUT2D eigenvalue weighted by atomic mass is 32.1. The number of anilines is 1. The van der Waals surface area contributed by atoms with Crippen molar-refractivity contribution in [2.45, 2.75) is 20.0 Å². The number of aromatic amines is 1. The smallest absolute Gasteiger partial charge is 0.318 e. The number of H-pyrrole nitrogens is 1. The van der Waals surface area contributed by atoms with Crippen molar-refractivity contribution in [3.05, 3.63) is 39.7 Å². The first-order valence-electron chi connectivity index (χ1n) is 7.27. The Bertz CT molecular complexity index is 735. The summed E-state index contributed by atoms with van der Waals surface area (Å²) in [5.41, 5.74) is 2.70. The van der Waals surface area contributed by atoms with Gasteiger partial charge in [-0.15, -0.1) is 0 Å². The second kappa shape index (κ2) is 6.66. The van der Waals surface area contributed by atoms with Crippen LogP contribution in [0.15, 0.2) is 22.9 Å². The first-order valence-corrected chi connectivity index (χ1v) is 8.21. The van der Waals surface area contributed by atoms with Gasteiger partial charge < -0.3 is 15.5 Å². The lowest BCUT2D eigenvalue weighted by Gasteiger charge is -2.15. The molecule has 0 aliphatic carbocycles. The van der Waals surface area contributed by atoms with E-state index in [4.69, 9.17) is 0 Å². The number of fused-ring (bicyclic) bond motifs is 1. The Morgan fingerprint density at radius 2 is 2.35 bits per heavy atom. The summed E-state index contributed by atoms with van der Waals surface area (Å²) in [6.45, 7) is 3.36. The van der Waals surface area contributed by atoms with Gasteiger partial charge in [0, 0.05) is 18.2 Å². The zero-order valence-electron chi connectivity index (χ0n) is 12.6. The fourth-order valence-corrected chi connectivity index (χ4v) is 2.98. The van der Waals surface area contributed by atoms with Gasteiger partial charge >= 0.3 is 6.03 Å². The van der Waals surface area contributed by atoms with Crippen molar-refractivity contribution in [2.24, 2.45) is 0 Å². The number of urea groups is 1. The summed E-state index contributed by atoms with van der Waals surface area (Å²) in [5, 5.41) is 16.4. The van der Waals surface area contributed by atoms with E-state index in [0.29, 0.717) is 25.5 Å². The molecule has 0 atom stereocenters. The molecule has 23 heavy (non-hydrogen) atoms. The van der Waals surface area contributed by atoms with Gasteiger partial charge in [0.25, 0.3) is 0 Å². The quantitative estimate of drug-likeness (QED) is 0.750. The molecule has 0 spiro atoms. The van der Waals surface area contributed by atoms with Crippen molar-refractivity contribution in [1.29, 1.82) is 0 Å². The Hall–Kier alpha value is -2.61. The molecule has 3 amide bonds. The van der Waals surface area contributed by atoms with Gasteiger partial charge in [-0.05, 0) is 35.4 Å². The number of nitrogens with zero attached hydrogens (tertiary/aromatic N) is 2. The molecule has 120 valence electrons. The Morgan fingerprint density at radius 1 is 1.48 bits per heavy atom. The average molecular weight is 331 g/mol. The van der Waals surface area contributed by atoms with E-state index in [-0.39, 0.29) is 11.9 Å². The topological polar surface area (TPSA) is 90.1 Å². The number of aromatic nitrogens is 2. The summed E-state index contributed by atoms with van der Waals surface area (Å²) in [6.07, 6.45) is 3.22. The predicted molar refractivity (Wildman–Crippen MR) is 88.9 cm³/mol. The van der Waals surface area contributed by atoms with E-state index in [2.05, 4.69) is 20.8 Å². The van der Waals surface area contributed by atoms with E-state index in [1.165, 1.54) is 6.08 Å². The molecule has 2 aromatic heterocycles. The van der Waals surface area contributed by atoms with Gasteiger partial charge in [-0.1, -0.05) is 0 Å². The SMILES string of the molecule is CCNC(=O)N1Cc2[nH]nc(NC(=O)C=Cc3ccsc3)c2C1. The zero-order chi connectivity index (χ0) is 16.2. The number of nitrogens with one attached hydrogen (secondary N) is 3. The molecule has 2 aromatic rings. The van der Waals surface area contributed by atoms with Crippen molar-refractivity contribution < 1.29 is 9.59 Å². The third-order valence-electron chi connectivity index (χ3n) is 3.48. The molecule has 1 aliphatic rings. The van der Waals surface area contributed by atoms with E-state index in [1.807, 2.05) is 23.8 Å². The molecule has 0 saturated heterocycles. The lowest BCUT2D eigenvalue weighted by atomic mass is 10.2. The maximum atomic E-state index is 12.0. The molecule has 3 heterocycles. The molecule has 7 nitrogen and oxygen atoms in total. The molecule has 0 unspecified atom stereocenters. The molecule has 0 radical (unpaired) electrons. The van der Waals surface area contributed by atoms with Crippen LogP contribution in [-0.4, -0.2) is 33.6 Å². The second-order valence-corrected chi connectivity index (χ2v) is 5.88. The van der Waals surface area contributed by atoms with Crippen molar-refractivity contribution >= 4 is 35.2 Å². The van der Waals surface area contributed by atoms with E-state index in [0.717, 1.165) is 16.8 Å². The van der Waals surface area contributed by atoms with Crippen molar-refractivity contribution in [3.8, 4) is 0 Å². The van der Waals surface area contributed by atoms with Crippen LogP contribution in [0.5, 0.6) is 0 Å². The number of thiophene rings is 1. The van der Waals surface area contributed by atoms with Crippen LogP contribution in [0.1, 0.15) is 23.7 Å². The van der Waals surface area contributed by atoms with Crippen LogP contribution in [0.4, 0.5) is 10.6 Å². The lowest BCUT2D eigenvalue weighted by molar-refractivity contribution is -0.111. The number of hydrogen-bond donors (Lipinski definition) is 3. The molecule has 0 aromatic carbocycles. The van der Waals surface area contributed by atoms with Gasteiger partial charge in [0.05, 0.1) is 18.8 Å².